The van der Waals surface area contributed by atoms with Crippen LogP contribution in [0.4, 0.5) is 0 Å². The van der Waals surface area contributed by atoms with Crippen molar-refractivity contribution in [1.29, 1.82) is 0 Å². The first-order chi connectivity index (χ1) is 13.1. The molecule has 2 aromatic rings. The van der Waals surface area contributed by atoms with Crippen LogP contribution in [0.15, 0.2) is 60.7 Å². The SMILES string of the molecule is CC(=O)N1CCN(C(C)C(=O)NC(c2ccccc2)c2ccccc2)CC1. The third-order valence-electron chi connectivity index (χ3n) is 5.24. The monoisotopic (exact) mass is 365 g/mol. The second kappa shape index (κ2) is 8.82. The smallest absolute Gasteiger partial charge is 0.237 e. The van der Waals surface area contributed by atoms with E-state index in [2.05, 4.69) is 10.2 Å². The Morgan fingerprint density at radius 2 is 1.33 bits per heavy atom. The number of hydrogen-bond acceptors (Lipinski definition) is 3. The van der Waals surface area contributed by atoms with Gasteiger partial charge in [0.05, 0.1) is 12.1 Å². The number of nitrogens with one attached hydrogen (secondary N) is 1. The summed E-state index contributed by atoms with van der Waals surface area (Å²) in [4.78, 5) is 28.4. The normalized spacial score (nSPS) is 16.2. The summed E-state index contributed by atoms with van der Waals surface area (Å²) in [5.74, 6) is 0.101. The van der Waals surface area contributed by atoms with Gasteiger partial charge in [0.1, 0.15) is 0 Å². The summed E-state index contributed by atoms with van der Waals surface area (Å²) < 4.78 is 0. The highest BCUT2D eigenvalue weighted by Crippen LogP contribution is 2.22. The number of benzene rings is 2. The van der Waals surface area contributed by atoms with Crippen molar-refractivity contribution in [1.82, 2.24) is 15.1 Å². The van der Waals surface area contributed by atoms with Gasteiger partial charge in [-0.25, -0.2) is 0 Å². The molecule has 5 heteroatoms. The Morgan fingerprint density at radius 3 is 1.78 bits per heavy atom. The predicted octanol–water partition coefficient (Wildman–Crippen LogP) is 2.44. The number of nitrogens with zero attached hydrogens (tertiary/aromatic N) is 2. The zero-order valence-electron chi connectivity index (χ0n) is 16.0. The van der Waals surface area contributed by atoms with Crippen LogP contribution in [0, 0.1) is 0 Å². The first kappa shape index (κ1) is 19.1. The Morgan fingerprint density at radius 1 is 0.852 bits per heavy atom. The van der Waals surface area contributed by atoms with Crippen LogP contribution < -0.4 is 5.32 Å². The van der Waals surface area contributed by atoms with Crippen molar-refractivity contribution in [2.24, 2.45) is 0 Å². The van der Waals surface area contributed by atoms with Gasteiger partial charge in [-0.1, -0.05) is 60.7 Å². The lowest BCUT2D eigenvalue weighted by Crippen LogP contribution is -2.55. The van der Waals surface area contributed by atoms with Crippen LogP contribution >= 0.6 is 0 Å². The van der Waals surface area contributed by atoms with E-state index in [9.17, 15) is 9.59 Å². The number of amides is 2. The molecule has 27 heavy (non-hydrogen) atoms. The van der Waals surface area contributed by atoms with Crippen LogP contribution in [0.25, 0.3) is 0 Å². The molecule has 1 saturated heterocycles. The Kier molecular flexibility index (Phi) is 6.24. The summed E-state index contributed by atoms with van der Waals surface area (Å²) in [6.07, 6.45) is 0. The molecule has 1 unspecified atom stereocenters. The molecule has 1 N–H and O–H groups in total. The molecule has 1 atom stereocenters. The molecule has 0 bridgehead atoms. The standard InChI is InChI=1S/C22H27N3O2/c1-17(24-13-15-25(16-14-24)18(2)26)22(27)23-21(19-9-5-3-6-10-19)20-11-7-4-8-12-20/h3-12,17,21H,13-16H2,1-2H3,(H,23,27). The molecule has 2 aromatic carbocycles. The molecule has 0 spiro atoms. The summed E-state index contributed by atoms with van der Waals surface area (Å²) >= 11 is 0. The van der Waals surface area contributed by atoms with Gasteiger partial charge in [-0.3, -0.25) is 14.5 Å². The van der Waals surface area contributed by atoms with E-state index in [0.717, 1.165) is 24.2 Å². The van der Waals surface area contributed by atoms with Gasteiger partial charge >= 0.3 is 0 Å². The van der Waals surface area contributed by atoms with Gasteiger partial charge in [-0.2, -0.15) is 0 Å². The van der Waals surface area contributed by atoms with E-state index in [1.807, 2.05) is 72.5 Å². The molecule has 1 heterocycles. The van der Waals surface area contributed by atoms with E-state index in [0.29, 0.717) is 13.1 Å². The van der Waals surface area contributed by atoms with E-state index in [1.54, 1.807) is 6.92 Å². The summed E-state index contributed by atoms with van der Waals surface area (Å²) in [6.45, 7) is 6.31. The number of hydrogen-bond donors (Lipinski definition) is 1. The molecular formula is C22H27N3O2. The van der Waals surface area contributed by atoms with E-state index < -0.39 is 0 Å². The van der Waals surface area contributed by atoms with Gasteiger partial charge in [0.25, 0.3) is 0 Å². The molecule has 0 aliphatic carbocycles. The molecule has 0 radical (unpaired) electrons. The van der Waals surface area contributed by atoms with Crippen LogP contribution in [-0.4, -0.2) is 53.8 Å². The summed E-state index contributed by atoms with van der Waals surface area (Å²) in [5, 5.41) is 3.22. The summed E-state index contributed by atoms with van der Waals surface area (Å²) in [7, 11) is 0. The highest BCUT2D eigenvalue weighted by atomic mass is 16.2. The van der Waals surface area contributed by atoms with Crippen molar-refractivity contribution in [3.05, 3.63) is 71.8 Å². The lowest BCUT2D eigenvalue weighted by Gasteiger charge is -2.37. The number of rotatable bonds is 5. The van der Waals surface area contributed by atoms with Crippen molar-refractivity contribution < 1.29 is 9.59 Å². The number of carbonyl (C=O) groups is 2. The topological polar surface area (TPSA) is 52.7 Å². The molecular weight excluding hydrogens is 338 g/mol. The molecule has 1 fully saturated rings. The molecule has 0 aromatic heterocycles. The minimum Gasteiger partial charge on any atom is -0.344 e. The number of piperazine rings is 1. The molecule has 142 valence electrons. The molecule has 1 aliphatic heterocycles. The maximum atomic E-state index is 13.0. The fraction of sp³-hybridized carbons (Fsp3) is 0.364. The lowest BCUT2D eigenvalue weighted by molar-refractivity contribution is -0.132. The van der Waals surface area contributed by atoms with Crippen LogP contribution in [0.1, 0.15) is 31.0 Å². The van der Waals surface area contributed by atoms with Crippen LogP contribution in [0.3, 0.4) is 0 Å². The largest absolute Gasteiger partial charge is 0.344 e. The second-order valence-corrected chi connectivity index (χ2v) is 6.98. The fourth-order valence-corrected chi connectivity index (χ4v) is 3.50. The van der Waals surface area contributed by atoms with E-state index in [1.165, 1.54) is 0 Å². The Hall–Kier alpha value is -2.66. The quantitative estimate of drug-likeness (QED) is 0.886. The maximum absolute atomic E-state index is 13.0. The van der Waals surface area contributed by atoms with Gasteiger partial charge in [0.2, 0.25) is 11.8 Å². The molecule has 0 saturated carbocycles. The first-order valence-corrected chi connectivity index (χ1v) is 9.46. The van der Waals surface area contributed by atoms with Crippen LogP contribution in [0.5, 0.6) is 0 Å². The van der Waals surface area contributed by atoms with Gasteiger partial charge in [0.15, 0.2) is 0 Å². The molecule has 5 nitrogen and oxygen atoms in total. The zero-order valence-corrected chi connectivity index (χ0v) is 16.0. The molecule has 1 aliphatic rings. The van der Waals surface area contributed by atoms with Crippen molar-refractivity contribution >= 4 is 11.8 Å². The van der Waals surface area contributed by atoms with Crippen molar-refractivity contribution in [3.63, 3.8) is 0 Å². The van der Waals surface area contributed by atoms with Crippen molar-refractivity contribution in [2.45, 2.75) is 25.9 Å². The zero-order chi connectivity index (χ0) is 19.2. The molecule has 3 rings (SSSR count). The highest BCUT2D eigenvalue weighted by Gasteiger charge is 2.28. The van der Waals surface area contributed by atoms with Gasteiger partial charge in [-0.15, -0.1) is 0 Å². The predicted molar refractivity (Wildman–Crippen MR) is 106 cm³/mol. The number of carbonyl (C=O) groups excluding carboxylic acids is 2. The molecule has 2 amide bonds. The average molecular weight is 365 g/mol. The fourth-order valence-electron chi connectivity index (χ4n) is 3.50. The van der Waals surface area contributed by atoms with E-state index >= 15 is 0 Å². The van der Waals surface area contributed by atoms with Crippen LogP contribution in [0.2, 0.25) is 0 Å². The Bertz CT molecular complexity index is 716. The third-order valence-corrected chi connectivity index (χ3v) is 5.24. The van der Waals surface area contributed by atoms with Crippen molar-refractivity contribution in [2.75, 3.05) is 26.2 Å². The minimum atomic E-state index is -0.242. The van der Waals surface area contributed by atoms with Gasteiger partial charge < -0.3 is 10.2 Å². The highest BCUT2D eigenvalue weighted by molar-refractivity contribution is 5.82. The van der Waals surface area contributed by atoms with Crippen LogP contribution in [-0.2, 0) is 9.59 Å². The first-order valence-electron chi connectivity index (χ1n) is 9.46. The van der Waals surface area contributed by atoms with E-state index in [4.69, 9.17) is 0 Å². The van der Waals surface area contributed by atoms with Gasteiger partial charge in [0, 0.05) is 33.1 Å². The summed E-state index contributed by atoms with van der Waals surface area (Å²) in [5.41, 5.74) is 2.12. The maximum Gasteiger partial charge on any atom is 0.237 e. The Balaban J connectivity index is 1.70. The Labute approximate surface area is 161 Å². The summed E-state index contributed by atoms with van der Waals surface area (Å²) in [6, 6.07) is 19.6. The third kappa shape index (κ3) is 4.74. The second-order valence-electron chi connectivity index (χ2n) is 6.98. The van der Waals surface area contributed by atoms with E-state index in [-0.39, 0.29) is 23.9 Å². The van der Waals surface area contributed by atoms with Crippen molar-refractivity contribution in [3.8, 4) is 0 Å². The lowest BCUT2D eigenvalue weighted by atomic mass is 9.98. The minimum absolute atomic E-state index is 0.00369. The van der Waals surface area contributed by atoms with Gasteiger partial charge in [-0.05, 0) is 18.1 Å². The average Bonchev–Trinajstić information content (AvgIpc) is 2.72.